The average Bonchev–Trinajstić information content (AvgIpc) is 2.34. The molecule has 94 valence electrons. The summed E-state index contributed by atoms with van der Waals surface area (Å²) in [6, 6.07) is 0.643. The molecule has 0 amide bonds. The lowest BCUT2D eigenvalue weighted by Gasteiger charge is -2.24. The normalized spacial score (nSPS) is 19.6. The maximum Gasteiger partial charge on any atom is 0.0192 e. The summed E-state index contributed by atoms with van der Waals surface area (Å²) in [5.41, 5.74) is 0. The third-order valence-corrected chi connectivity index (χ3v) is 4.76. The molecule has 0 saturated heterocycles. The highest BCUT2D eigenvalue weighted by Gasteiger charge is 2.15. The Bertz CT molecular complexity index is 176. The Kier molecular flexibility index (Phi) is 8.04. The van der Waals surface area contributed by atoms with E-state index in [-0.39, 0.29) is 0 Å². The first-order valence-corrected chi connectivity index (χ1v) is 7.87. The van der Waals surface area contributed by atoms with Gasteiger partial charge in [-0.25, -0.2) is 0 Å². The van der Waals surface area contributed by atoms with E-state index in [1.165, 1.54) is 44.3 Å². The van der Waals surface area contributed by atoms with Crippen molar-refractivity contribution in [1.82, 2.24) is 5.32 Å². The van der Waals surface area contributed by atoms with Gasteiger partial charge in [0.15, 0.2) is 0 Å². The molecule has 0 bridgehead atoms. The van der Waals surface area contributed by atoms with Gasteiger partial charge < -0.3 is 5.32 Å². The average molecular weight is 241 g/mol. The summed E-state index contributed by atoms with van der Waals surface area (Å²) >= 11 is 2.19. The summed E-state index contributed by atoms with van der Waals surface area (Å²) in [4.78, 5) is 0. The highest BCUT2D eigenvalue weighted by Crippen LogP contribution is 2.28. The molecule has 0 spiro atoms. The van der Waals surface area contributed by atoms with Crippen molar-refractivity contribution in [2.24, 2.45) is 0 Å². The highest BCUT2D eigenvalue weighted by atomic mass is 32.2. The zero-order chi connectivity index (χ0) is 11.6. The molecule has 1 aliphatic carbocycles. The largest absolute Gasteiger partial charge is 0.313 e. The fourth-order valence-corrected chi connectivity index (χ4v) is 3.67. The van der Waals surface area contributed by atoms with Gasteiger partial charge in [-0.15, -0.1) is 6.58 Å². The van der Waals surface area contributed by atoms with Gasteiger partial charge in [0.25, 0.3) is 0 Å². The number of nitrogens with one attached hydrogen (secondary N) is 1. The molecule has 1 nitrogen and oxygen atoms in total. The van der Waals surface area contributed by atoms with Gasteiger partial charge in [0, 0.05) is 17.0 Å². The monoisotopic (exact) mass is 241 g/mol. The third-order valence-electron chi connectivity index (χ3n) is 3.22. The predicted molar refractivity (Wildman–Crippen MR) is 76.2 cm³/mol. The third kappa shape index (κ3) is 5.95. The quantitative estimate of drug-likeness (QED) is 0.645. The van der Waals surface area contributed by atoms with Crippen LogP contribution in [0, 0.1) is 0 Å². The number of rotatable bonds is 8. The van der Waals surface area contributed by atoms with Gasteiger partial charge in [0.05, 0.1) is 0 Å². The van der Waals surface area contributed by atoms with E-state index in [0.29, 0.717) is 6.04 Å². The molecule has 0 radical (unpaired) electrons. The van der Waals surface area contributed by atoms with Crippen LogP contribution in [0.2, 0.25) is 0 Å². The van der Waals surface area contributed by atoms with E-state index < -0.39 is 0 Å². The Balaban J connectivity index is 2.16. The topological polar surface area (TPSA) is 12.0 Å². The van der Waals surface area contributed by atoms with Crippen molar-refractivity contribution in [1.29, 1.82) is 0 Å². The Morgan fingerprint density at radius 1 is 1.38 bits per heavy atom. The molecule has 1 rings (SSSR count). The molecule has 0 aromatic heterocycles. The van der Waals surface area contributed by atoms with Gasteiger partial charge in [0.2, 0.25) is 0 Å². The van der Waals surface area contributed by atoms with Crippen LogP contribution in [0.5, 0.6) is 0 Å². The van der Waals surface area contributed by atoms with Crippen LogP contribution in [0.25, 0.3) is 0 Å². The maximum atomic E-state index is 3.85. The SMILES string of the molecule is C=CCC(CSC1CCCCC1)NCCC. The molecular weight excluding hydrogens is 214 g/mol. The van der Waals surface area contributed by atoms with Crippen molar-refractivity contribution in [3.63, 3.8) is 0 Å². The van der Waals surface area contributed by atoms with E-state index in [9.17, 15) is 0 Å². The smallest absolute Gasteiger partial charge is 0.0192 e. The molecule has 1 aliphatic rings. The second-order valence-electron chi connectivity index (χ2n) is 4.77. The first kappa shape index (κ1) is 14.1. The Morgan fingerprint density at radius 3 is 2.75 bits per heavy atom. The zero-order valence-electron chi connectivity index (χ0n) is 10.7. The van der Waals surface area contributed by atoms with Crippen LogP contribution in [0.15, 0.2) is 12.7 Å². The zero-order valence-corrected chi connectivity index (χ0v) is 11.5. The van der Waals surface area contributed by atoms with E-state index in [1.807, 2.05) is 0 Å². The number of hydrogen-bond donors (Lipinski definition) is 1. The number of thioether (sulfide) groups is 1. The van der Waals surface area contributed by atoms with Crippen LogP contribution < -0.4 is 5.32 Å². The first-order valence-electron chi connectivity index (χ1n) is 6.82. The second kappa shape index (κ2) is 9.12. The summed E-state index contributed by atoms with van der Waals surface area (Å²) in [6.07, 6.45) is 11.6. The van der Waals surface area contributed by atoms with E-state index in [0.717, 1.165) is 18.2 Å². The number of hydrogen-bond acceptors (Lipinski definition) is 2. The van der Waals surface area contributed by atoms with E-state index in [4.69, 9.17) is 0 Å². The van der Waals surface area contributed by atoms with Crippen molar-refractivity contribution in [2.45, 2.75) is 63.2 Å². The van der Waals surface area contributed by atoms with Gasteiger partial charge in [0.1, 0.15) is 0 Å². The van der Waals surface area contributed by atoms with Crippen molar-refractivity contribution < 1.29 is 0 Å². The Labute approximate surface area is 105 Å². The molecule has 0 aromatic rings. The van der Waals surface area contributed by atoms with Crippen LogP contribution >= 0.6 is 11.8 Å². The second-order valence-corrected chi connectivity index (χ2v) is 6.10. The minimum Gasteiger partial charge on any atom is -0.313 e. The summed E-state index contributed by atoms with van der Waals surface area (Å²) in [5.74, 6) is 1.26. The van der Waals surface area contributed by atoms with Gasteiger partial charge in [-0.1, -0.05) is 32.3 Å². The molecule has 1 fully saturated rings. The molecule has 1 saturated carbocycles. The molecular formula is C14H27NS. The summed E-state index contributed by atoms with van der Waals surface area (Å²) in [7, 11) is 0. The molecule has 0 heterocycles. The van der Waals surface area contributed by atoms with Crippen LogP contribution in [-0.4, -0.2) is 23.6 Å². The van der Waals surface area contributed by atoms with Crippen molar-refractivity contribution in [3.8, 4) is 0 Å². The van der Waals surface area contributed by atoms with E-state index in [2.05, 4.69) is 36.7 Å². The molecule has 0 aromatic carbocycles. The van der Waals surface area contributed by atoms with Crippen LogP contribution in [0.1, 0.15) is 51.9 Å². The highest BCUT2D eigenvalue weighted by molar-refractivity contribution is 7.99. The first-order chi connectivity index (χ1) is 7.86. The van der Waals surface area contributed by atoms with Gasteiger partial charge in [-0.05, 0) is 32.2 Å². The fraction of sp³-hybridized carbons (Fsp3) is 0.857. The predicted octanol–water partition coefficient (Wildman–Crippen LogP) is 4.00. The summed E-state index contributed by atoms with van der Waals surface area (Å²) in [6.45, 7) is 7.23. The van der Waals surface area contributed by atoms with Gasteiger partial charge in [-0.3, -0.25) is 0 Å². The van der Waals surface area contributed by atoms with E-state index in [1.54, 1.807) is 0 Å². The van der Waals surface area contributed by atoms with Crippen molar-refractivity contribution in [3.05, 3.63) is 12.7 Å². The molecule has 16 heavy (non-hydrogen) atoms. The van der Waals surface area contributed by atoms with Crippen molar-refractivity contribution >= 4 is 11.8 Å². The lowest BCUT2D eigenvalue weighted by atomic mass is 10.0. The fourth-order valence-electron chi connectivity index (χ4n) is 2.24. The lowest BCUT2D eigenvalue weighted by Crippen LogP contribution is -2.32. The van der Waals surface area contributed by atoms with Crippen molar-refractivity contribution in [2.75, 3.05) is 12.3 Å². The molecule has 1 atom stereocenters. The minimum atomic E-state index is 0.643. The maximum absolute atomic E-state index is 3.85. The minimum absolute atomic E-state index is 0.643. The lowest BCUT2D eigenvalue weighted by molar-refractivity contribution is 0.512. The van der Waals surface area contributed by atoms with Crippen LogP contribution in [-0.2, 0) is 0 Å². The van der Waals surface area contributed by atoms with Crippen LogP contribution in [0.3, 0.4) is 0 Å². The Morgan fingerprint density at radius 2 is 2.12 bits per heavy atom. The summed E-state index contributed by atoms with van der Waals surface area (Å²) in [5, 5.41) is 4.55. The van der Waals surface area contributed by atoms with E-state index >= 15 is 0 Å². The van der Waals surface area contributed by atoms with Gasteiger partial charge >= 0.3 is 0 Å². The van der Waals surface area contributed by atoms with Crippen LogP contribution in [0.4, 0.5) is 0 Å². The summed E-state index contributed by atoms with van der Waals surface area (Å²) < 4.78 is 0. The molecule has 2 heteroatoms. The standard InChI is InChI=1S/C14H27NS/c1-3-8-13(15-11-4-2)12-16-14-9-6-5-7-10-14/h3,13-15H,1,4-12H2,2H3. The molecule has 1 unspecified atom stereocenters. The molecule has 1 N–H and O–H groups in total. The Hall–Kier alpha value is 0.0500. The van der Waals surface area contributed by atoms with Gasteiger partial charge in [-0.2, -0.15) is 11.8 Å². The molecule has 0 aliphatic heterocycles.